The number of aliphatic hydroxyl groups excluding tert-OH is 1. The molecule has 0 fully saturated rings. The molecule has 2 heterocycles. The number of hydrogen-bond acceptors (Lipinski definition) is 3. The fourth-order valence-corrected chi connectivity index (χ4v) is 4.22. The number of nitrogens with one attached hydrogen (secondary N) is 2. The second-order valence-corrected chi connectivity index (χ2v) is 9.64. The minimum absolute atomic E-state index is 0.892. The molecule has 0 aliphatic carbocycles. The van der Waals surface area contributed by atoms with Crippen LogP contribution in [0.25, 0.3) is 46.4 Å². The summed E-state index contributed by atoms with van der Waals surface area (Å²) in [4.78, 5) is 15.8. The first kappa shape index (κ1) is 28.3. The molecule has 0 atom stereocenters. The molecule has 0 amide bonds. The third kappa shape index (κ3) is 7.22. The number of nitrogens with zero attached hydrogens (tertiary/aromatic N) is 2. The Bertz CT molecular complexity index is 1530. The highest BCUT2D eigenvalue weighted by molar-refractivity contribution is 5.81. The van der Waals surface area contributed by atoms with Crippen molar-refractivity contribution in [3.05, 3.63) is 130 Å². The second-order valence-electron chi connectivity index (χ2n) is 9.64. The van der Waals surface area contributed by atoms with Gasteiger partial charge < -0.3 is 15.1 Å². The van der Waals surface area contributed by atoms with E-state index < -0.39 is 0 Å². The number of benzene rings is 4. The molecule has 0 spiro atoms. The van der Waals surface area contributed by atoms with E-state index in [-0.39, 0.29) is 0 Å². The van der Waals surface area contributed by atoms with Crippen molar-refractivity contribution < 1.29 is 5.11 Å². The topological polar surface area (TPSA) is 77.6 Å². The van der Waals surface area contributed by atoms with Crippen molar-refractivity contribution in [2.24, 2.45) is 0 Å². The van der Waals surface area contributed by atoms with Crippen LogP contribution in [0.5, 0.6) is 0 Å². The van der Waals surface area contributed by atoms with E-state index in [1.54, 1.807) is 0 Å². The summed E-state index contributed by atoms with van der Waals surface area (Å²) < 4.78 is 0. The van der Waals surface area contributed by atoms with Crippen molar-refractivity contribution in [2.75, 3.05) is 7.11 Å². The fraction of sp³-hybridized carbons (Fsp3) is 0.143. The maximum Gasteiger partial charge on any atom is 0.131 e. The highest BCUT2D eigenvalue weighted by Gasteiger charge is 2.03. The Kier molecular flexibility index (Phi) is 9.44. The number of aromatic amines is 2. The van der Waals surface area contributed by atoms with Gasteiger partial charge in [-0.1, -0.05) is 72.8 Å². The van der Waals surface area contributed by atoms with E-state index in [2.05, 4.69) is 108 Å². The van der Waals surface area contributed by atoms with Gasteiger partial charge in [-0.15, -0.1) is 0 Å². The summed E-state index contributed by atoms with van der Waals surface area (Å²) in [5.74, 6) is 1.78. The van der Waals surface area contributed by atoms with Crippen LogP contribution in [0.15, 0.2) is 84.9 Å². The Morgan fingerprint density at radius 3 is 1.23 bits per heavy atom. The zero-order valence-electron chi connectivity index (χ0n) is 23.7. The van der Waals surface area contributed by atoms with Gasteiger partial charge in [-0.25, -0.2) is 9.97 Å². The van der Waals surface area contributed by atoms with Gasteiger partial charge in [0.25, 0.3) is 0 Å². The molecule has 5 heteroatoms. The number of aromatic nitrogens is 4. The van der Waals surface area contributed by atoms with Crippen LogP contribution < -0.4 is 0 Å². The molecule has 0 saturated carbocycles. The standard InChI is InChI=1S/2C17H16N2.CH4O/c2*1-12-10-15-16(11-13(12)2)19-17(18-15)9-8-14-6-4-3-5-7-14;1-2/h2*3-11H,1-2H3,(H,18,19);2H,1H3/b2*9-8+;. The quantitative estimate of drug-likeness (QED) is 0.215. The molecular weight excluding hydrogens is 492 g/mol. The van der Waals surface area contributed by atoms with Gasteiger partial charge >= 0.3 is 0 Å². The molecule has 0 saturated heterocycles. The summed E-state index contributed by atoms with van der Waals surface area (Å²) in [6.07, 6.45) is 8.16. The number of aliphatic hydroxyl groups is 1. The number of aryl methyl sites for hydroxylation is 4. The Morgan fingerprint density at radius 2 is 0.850 bits per heavy atom. The van der Waals surface area contributed by atoms with Crippen LogP contribution in [-0.2, 0) is 0 Å². The lowest BCUT2D eigenvalue weighted by atomic mass is 10.1. The zero-order valence-corrected chi connectivity index (χ0v) is 23.7. The summed E-state index contributed by atoms with van der Waals surface area (Å²) in [7, 11) is 1.00. The van der Waals surface area contributed by atoms with E-state index in [0.717, 1.165) is 40.8 Å². The van der Waals surface area contributed by atoms with Crippen molar-refractivity contribution in [2.45, 2.75) is 27.7 Å². The van der Waals surface area contributed by atoms with E-state index in [4.69, 9.17) is 5.11 Å². The first-order valence-corrected chi connectivity index (χ1v) is 13.3. The molecule has 202 valence electrons. The van der Waals surface area contributed by atoms with Crippen molar-refractivity contribution in [3.63, 3.8) is 0 Å². The monoisotopic (exact) mass is 528 g/mol. The van der Waals surface area contributed by atoms with Crippen LogP contribution in [0.3, 0.4) is 0 Å². The first-order valence-electron chi connectivity index (χ1n) is 13.3. The van der Waals surface area contributed by atoms with Crippen LogP contribution in [0.4, 0.5) is 0 Å². The van der Waals surface area contributed by atoms with Crippen molar-refractivity contribution in [1.29, 1.82) is 0 Å². The lowest BCUT2D eigenvalue weighted by molar-refractivity contribution is 0.399. The van der Waals surface area contributed by atoms with Crippen LogP contribution in [0, 0.1) is 27.7 Å². The molecule has 0 aliphatic heterocycles. The number of hydrogen-bond donors (Lipinski definition) is 3. The van der Waals surface area contributed by atoms with Crippen molar-refractivity contribution in [3.8, 4) is 0 Å². The van der Waals surface area contributed by atoms with E-state index in [0.29, 0.717) is 0 Å². The Labute approximate surface area is 236 Å². The molecule has 5 nitrogen and oxygen atoms in total. The average molecular weight is 529 g/mol. The summed E-state index contributed by atoms with van der Waals surface area (Å²) in [5.41, 5.74) is 11.7. The number of rotatable bonds is 4. The van der Waals surface area contributed by atoms with Gasteiger partial charge in [0.15, 0.2) is 0 Å². The minimum atomic E-state index is 0.892. The van der Waals surface area contributed by atoms with E-state index in [9.17, 15) is 0 Å². The Morgan fingerprint density at radius 1 is 0.500 bits per heavy atom. The van der Waals surface area contributed by atoms with Crippen molar-refractivity contribution >= 4 is 46.4 Å². The highest BCUT2D eigenvalue weighted by Crippen LogP contribution is 2.19. The summed E-state index contributed by atoms with van der Waals surface area (Å²) in [6.45, 7) is 8.47. The maximum atomic E-state index is 7.00. The van der Waals surface area contributed by atoms with Crippen LogP contribution in [0.1, 0.15) is 45.0 Å². The lowest BCUT2D eigenvalue weighted by Crippen LogP contribution is -1.79. The molecule has 6 aromatic rings. The molecular formula is C35H36N4O. The predicted molar refractivity (Wildman–Crippen MR) is 170 cm³/mol. The van der Waals surface area contributed by atoms with Crippen molar-refractivity contribution in [1.82, 2.24) is 19.9 Å². The number of imidazole rings is 2. The van der Waals surface area contributed by atoms with Gasteiger partial charge in [0.2, 0.25) is 0 Å². The fourth-order valence-electron chi connectivity index (χ4n) is 4.22. The van der Waals surface area contributed by atoms with E-state index in [1.807, 2.05) is 48.6 Å². The largest absolute Gasteiger partial charge is 0.400 e. The van der Waals surface area contributed by atoms with Gasteiger partial charge in [0.05, 0.1) is 22.1 Å². The lowest BCUT2D eigenvalue weighted by Gasteiger charge is -1.97. The number of fused-ring (bicyclic) bond motifs is 2. The molecule has 3 N–H and O–H groups in total. The highest BCUT2D eigenvalue weighted by atomic mass is 16.2. The average Bonchev–Trinajstić information content (AvgIpc) is 3.56. The molecule has 0 unspecified atom stereocenters. The third-order valence-electron chi connectivity index (χ3n) is 6.70. The normalized spacial score (nSPS) is 11.1. The van der Waals surface area contributed by atoms with Gasteiger partial charge in [-0.05, 0) is 97.5 Å². The SMILES string of the molecule is CO.Cc1cc2nc(/C=C/c3ccccc3)[nH]c2cc1C.Cc1cc2nc(/C=C/c3ccccc3)[nH]c2cc1C. The number of H-pyrrole nitrogens is 2. The summed E-state index contributed by atoms with van der Waals surface area (Å²) >= 11 is 0. The Balaban J connectivity index is 0.000000174. The molecule has 40 heavy (non-hydrogen) atoms. The van der Waals surface area contributed by atoms with Gasteiger partial charge in [0, 0.05) is 7.11 Å². The molecule has 0 bridgehead atoms. The molecule has 2 aromatic heterocycles. The van der Waals surface area contributed by atoms with E-state index in [1.165, 1.54) is 33.4 Å². The van der Waals surface area contributed by atoms with Gasteiger partial charge in [0.1, 0.15) is 11.6 Å². The Hall–Kier alpha value is -4.74. The third-order valence-corrected chi connectivity index (χ3v) is 6.70. The summed E-state index contributed by atoms with van der Waals surface area (Å²) in [6, 6.07) is 29.0. The first-order chi connectivity index (χ1) is 19.4. The van der Waals surface area contributed by atoms with E-state index >= 15 is 0 Å². The van der Waals surface area contributed by atoms with Crippen LogP contribution >= 0.6 is 0 Å². The maximum absolute atomic E-state index is 7.00. The smallest absolute Gasteiger partial charge is 0.131 e. The summed E-state index contributed by atoms with van der Waals surface area (Å²) in [5, 5.41) is 7.00. The van der Waals surface area contributed by atoms with Crippen LogP contribution in [-0.4, -0.2) is 32.2 Å². The molecule has 0 aliphatic rings. The molecule has 6 rings (SSSR count). The van der Waals surface area contributed by atoms with Gasteiger partial charge in [-0.2, -0.15) is 0 Å². The molecule has 0 radical (unpaired) electrons. The second kappa shape index (κ2) is 13.4. The minimum Gasteiger partial charge on any atom is -0.400 e. The zero-order chi connectivity index (χ0) is 28.5. The predicted octanol–water partition coefficient (Wildman–Crippen LogP) is 8.31. The van der Waals surface area contributed by atoms with Gasteiger partial charge in [-0.3, -0.25) is 0 Å². The van der Waals surface area contributed by atoms with Crippen LogP contribution in [0.2, 0.25) is 0 Å². The molecule has 4 aromatic carbocycles.